The van der Waals surface area contributed by atoms with Gasteiger partial charge in [0.2, 0.25) is 11.8 Å². The van der Waals surface area contributed by atoms with Gasteiger partial charge in [0.25, 0.3) is 0 Å². The summed E-state index contributed by atoms with van der Waals surface area (Å²) in [5.41, 5.74) is 9.68. The van der Waals surface area contributed by atoms with Crippen molar-refractivity contribution < 1.29 is 8.83 Å². The van der Waals surface area contributed by atoms with E-state index in [1.807, 2.05) is 36.4 Å². The Morgan fingerprint density at radius 1 is 0.354 bits per heavy atom. The highest BCUT2D eigenvalue weighted by Crippen LogP contribution is 2.44. The minimum atomic E-state index is 0.480. The Balaban J connectivity index is 1.30. The topological polar surface area (TPSA) is 77.8 Å². The van der Waals surface area contributed by atoms with Crippen LogP contribution in [-0.2, 0) is 0 Å². The molecule has 4 heterocycles. The quantitative estimate of drug-likeness (QED) is 0.173. The molecule has 0 radical (unpaired) electrons. The van der Waals surface area contributed by atoms with Crippen molar-refractivity contribution in [3.8, 4) is 67.9 Å². The van der Waals surface area contributed by atoms with Gasteiger partial charge < -0.3 is 8.83 Å². The summed E-state index contributed by atoms with van der Waals surface area (Å²) in [7, 11) is 0. The minimum absolute atomic E-state index is 0.480. The van der Waals surface area contributed by atoms with Crippen LogP contribution < -0.4 is 0 Å². The van der Waals surface area contributed by atoms with Gasteiger partial charge in [-0.05, 0) is 74.1 Å². The van der Waals surface area contributed by atoms with Gasteiger partial charge in [0.05, 0.1) is 23.8 Å². The molecule has 0 N–H and O–H groups in total. The molecule has 0 aliphatic heterocycles. The first kappa shape index (κ1) is 27.6. The average Bonchev–Trinajstić information content (AvgIpc) is 3.90. The van der Waals surface area contributed by atoms with Crippen LogP contribution in [0.2, 0.25) is 0 Å². The Morgan fingerprint density at radius 2 is 0.812 bits per heavy atom. The second-order valence-corrected chi connectivity index (χ2v) is 11.5. The molecule has 0 unspecified atom stereocenters. The third-order valence-electron chi connectivity index (χ3n) is 8.66. The van der Waals surface area contributed by atoms with Crippen LogP contribution in [0.3, 0.4) is 0 Å². The molecule has 6 nitrogen and oxygen atoms in total. The molecule has 0 atom stereocenters. The van der Waals surface area contributed by atoms with Crippen LogP contribution in [-0.4, -0.2) is 19.9 Å². The van der Waals surface area contributed by atoms with E-state index in [1.165, 1.54) is 11.1 Å². The smallest absolute Gasteiger partial charge is 0.245 e. The van der Waals surface area contributed by atoms with E-state index in [1.54, 1.807) is 24.9 Å². The van der Waals surface area contributed by atoms with E-state index in [2.05, 4.69) is 107 Å². The summed E-state index contributed by atoms with van der Waals surface area (Å²) in [6.07, 6.45) is 6.41. The van der Waals surface area contributed by atoms with E-state index in [4.69, 9.17) is 18.8 Å². The van der Waals surface area contributed by atoms with E-state index < -0.39 is 0 Å². The zero-order chi connectivity index (χ0) is 31.9. The van der Waals surface area contributed by atoms with Crippen LogP contribution in [0.4, 0.5) is 0 Å². The predicted molar refractivity (Wildman–Crippen MR) is 190 cm³/mol. The summed E-state index contributed by atoms with van der Waals surface area (Å²) < 4.78 is 11.2. The number of pyridine rings is 2. The molecule has 5 aromatic carbocycles. The van der Waals surface area contributed by atoms with Crippen molar-refractivity contribution in [2.24, 2.45) is 0 Å². The molecule has 0 bridgehead atoms. The summed E-state index contributed by atoms with van der Waals surface area (Å²) in [5.74, 6) is 0.963. The molecule has 0 fully saturated rings. The first-order valence-electron chi connectivity index (χ1n) is 15.7. The van der Waals surface area contributed by atoms with E-state index in [9.17, 15) is 0 Å². The Morgan fingerprint density at radius 3 is 1.38 bits per heavy atom. The monoisotopic (exact) mass is 618 g/mol. The van der Waals surface area contributed by atoms with E-state index >= 15 is 0 Å². The molecule has 0 amide bonds. The Labute approximate surface area is 276 Å². The minimum Gasteiger partial charge on any atom is -0.443 e. The maximum absolute atomic E-state index is 5.63. The number of aromatic nitrogens is 4. The van der Waals surface area contributed by atoms with Crippen molar-refractivity contribution in [3.05, 3.63) is 158 Å². The maximum Gasteiger partial charge on any atom is 0.245 e. The summed E-state index contributed by atoms with van der Waals surface area (Å²) in [5, 5.41) is 4.26. The lowest BCUT2D eigenvalue weighted by Gasteiger charge is -2.18. The number of oxazole rings is 2. The second kappa shape index (κ2) is 11.6. The van der Waals surface area contributed by atoms with Gasteiger partial charge in [0, 0.05) is 11.1 Å². The molecule has 0 spiro atoms. The normalized spacial score (nSPS) is 11.3. The number of hydrogen-bond donors (Lipinski definition) is 0. The van der Waals surface area contributed by atoms with Gasteiger partial charge >= 0.3 is 0 Å². The fraction of sp³-hybridized carbons (Fsp3) is 0. The van der Waals surface area contributed by atoms with E-state index in [0.29, 0.717) is 23.2 Å². The largest absolute Gasteiger partial charge is 0.443 e. The van der Waals surface area contributed by atoms with Gasteiger partial charge in [-0.2, -0.15) is 0 Å². The summed E-state index contributed by atoms with van der Waals surface area (Å²) >= 11 is 0. The number of fused-ring (bicyclic) bond motifs is 2. The van der Waals surface area contributed by atoms with Crippen molar-refractivity contribution in [3.63, 3.8) is 0 Å². The highest BCUT2D eigenvalue weighted by atomic mass is 16.3. The number of benzene rings is 5. The molecule has 4 aromatic heterocycles. The highest BCUT2D eigenvalue weighted by Gasteiger charge is 2.20. The first-order chi connectivity index (χ1) is 23.8. The predicted octanol–water partition coefficient (Wildman–Crippen LogP) is 10.8. The van der Waals surface area contributed by atoms with E-state index in [-0.39, 0.29) is 0 Å². The molecule has 6 heteroatoms. The Bertz CT molecular complexity index is 2540. The van der Waals surface area contributed by atoms with Gasteiger partial charge in [-0.25, -0.2) is 19.9 Å². The summed E-state index contributed by atoms with van der Waals surface area (Å²) in [4.78, 5) is 18.9. The molecule has 0 aliphatic rings. The van der Waals surface area contributed by atoms with Crippen molar-refractivity contribution in [2.45, 2.75) is 0 Å². The Hall–Kier alpha value is -6.66. The van der Waals surface area contributed by atoms with Gasteiger partial charge in [-0.15, -0.1) is 0 Å². The lowest BCUT2D eigenvalue weighted by Crippen LogP contribution is -1.96. The number of rotatable bonds is 6. The second-order valence-electron chi connectivity index (χ2n) is 11.5. The van der Waals surface area contributed by atoms with Gasteiger partial charge in [-0.1, -0.05) is 103 Å². The highest BCUT2D eigenvalue weighted by molar-refractivity contribution is 6.21. The molecule has 0 saturated carbocycles. The molecular formula is C42H26N4O2. The average molecular weight is 619 g/mol. The van der Waals surface area contributed by atoms with Crippen molar-refractivity contribution >= 4 is 21.5 Å². The SMILES string of the molecule is c1ccc(-c2ccc(-c3ccc4c(-c5cccc(-c6ncco6)n5)c5ccccc5c(-c5cccc(-c6ncco6)n5)c4c3)cc2)cc1. The molecular weight excluding hydrogens is 592 g/mol. The van der Waals surface area contributed by atoms with Crippen LogP contribution in [0.15, 0.2) is 167 Å². The maximum atomic E-state index is 5.63. The van der Waals surface area contributed by atoms with Crippen molar-refractivity contribution in [2.75, 3.05) is 0 Å². The molecule has 9 aromatic rings. The summed E-state index contributed by atoms with van der Waals surface area (Å²) in [6.45, 7) is 0. The van der Waals surface area contributed by atoms with Crippen molar-refractivity contribution in [1.82, 2.24) is 19.9 Å². The van der Waals surface area contributed by atoms with E-state index in [0.717, 1.165) is 55.2 Å². The standard InChI is InChI=1S/C42H26N4O2/c1-2-8-27(9-3-1)28-16-18-29(19-17-28)30-20-21-33-34(26-30)40(36-13-7-15-38(46-36)42-44-23-25-48-42)32-11-5-4-10-31(32)39(33)35-12-6-14-37(45-35)41-43-22-24-47-41/h1-26H. The van der Waals surface area contributed by atoms with Gasteiger partial charge in [0.1, 0.15) is 23.9 Å². The fourth-order valence-electron chi connectivity index (χ4n) is 6.48. The van der Waals surface area contributed by atoms with Crippen LogP contribution in [0.25, 0.3) is 89.5 Å². The van der Waals surface area contributed by atoms with Crippen LogP contribution in [0.5, 0.6) is 0 Å². The first-order valence-corrected chi connectivity index (χ1v) is 15.7. The lowest BCUT2D eigenvalue weighted by molar-refractivity contribution is 0.572. The zero-order valence-electron chi connectivity index (χ0n) is 25.6. The lowest BCUT2D eigenvalue weighted by atomic mass is 9.87. The van der Waals surface area contributed by atoms with Crippen LogP contribution in [0.1, 0.15) is 0 Å². The molecule has 0 saturated heterocycles. The Kier molecular flexibility index (Phi) is 6.68. The molecule has 226 valence electrons. The third kappa shape index (κ3) is 4.84. The van der Waals surface area contributed by atoms with Crippen LogP contribution >= 0.6 is 0 Å². The van der Waals surface area contributed by atoms with Crippen LogP contribution in [0, 0.1) is 0 Å². The summed E-state index contributed by atoms with van der Waals surface area (Å²) in [6, 6.07) is 46.2. The number of hydrogen-bond acceptors (Lipinski definition) is 6. The fourth-order valence-corrected chi connectivity index (χ4v) is 6.48. The van der Waals surface area contributed by atoms with Crippen molar-refractivity contribution in [1.29, 1.82) is 0 Å². The molecule has 9 rings (SSSR count). The third-order valence-corrected chi connectivity index (χ3v) is 8.66. The molecule has 0 aliphatic carbocycles. The zero-order valence-corrected chi connectivity index (χ0v) is 25.6. The van der Waals surface area contributed by atoms with Gasteiger partial charge in [0.15, 0.2) is 0 Å². The van der Waals surface area contributed by atoms with Gasteiger partial charge in [-0.3, -0.25) is 0 Å². The molecule has 48 heavy (non-hydrogen) atoms. The number of nitrogens with zero attached hydrogens (tertiary/aromatic N) is 4.